The highest BCUT2D eigenvalue weighted by Crippen LogP contribution is 2.38. The number of nitrogens with one attached hydrogen (secondary N) is 2. The topological polar surface area (TPSA) is 95.5 Å². The fraction of sp³-hybridized carbons (Fsp3) is 0.857. The number of carbonyl (C=O) groups is 2. The summed E-state index contributed by atoms with van der Waals surface area (Å²) < 4.78 is 11.2. The van der Waals surface area contributed by atoms with Gasteiger partial charge in [0.2, 0.25) is 0 Å². The summed E-state index contributed by atoms with van der Waals surface area (Å²) in [4.78, 5) is 23.3. The Kier molecular flexibility index (Phi) is 6.64. The van der Waals surface area contributed by atoms with Crippen molar-refractivity contribution in [2.45, 2.75) is 44.8 Å². The summed E-state index contributed by atoms with van der Waals surface area (Å²) >= 11 is 0. The predicted molar refractivity (Wildman–Crippen MR) is 82.6 cm³/mol. The van der Waals surface area contributed by atoms with E-state index in [4.69, 9.17) is 0 Å². The van der Waals surface area contributed by atoms with Gasteiger partial charge in [0, 0.05) is 35.4 Å². The molecule has 0 radical (unpaired) electrons. The van der Waals surface area contributed by atoms with Gasteiger partial charge in [0.15, 0.2) is 0 Å². The number of carbonyl (C=O) groups excluding carboxylic acids is 1. The number of aliphatic carboxylic acids is 1. The maximum Gasteiger partial charge on any atom is 0.314 e. The van der Waals surface area contributed by atoms with Gasteiger partial charge in [0.05, 0.1) is 5.41 Å². The maximum atomic E-state index is 11.7. The molecule has 0 bridgehead atoms. The monoisotopic (exact) mass is 318 g/mol. The van der Waals surface area contributed by atoms with Gasteiger partial charge in [-0.3, -0.25) is 9.00 Å². The van der Waals surface area contributed by atoms with Crippen molar-refractivity contribution in [3.05, 3.63) is 0 Å². The fourth-order valence-electron chi connectivity index (χ4n) is 2.45. The summed E-state index contributed by atoms with van der Waals surface area (Å²) in [6.45, 7) is 4.37. The molecule has 0 aliphatic heterocycles. The molecule has 2 atom stereocenters. The predicted octanol–water partition coefficient (Wildman–Crippen LogP) is 1.33. The number of carboxylic acids is 1. The lowest BCUT2D eigenvalue weighted by molar-refractivity contribution is -0.151. The number of hydrogen-bond donors (Lipinski definition) is 3. The minimum absolute atomic E-state index is 0.125. The van der Waals surface area contributed by atoms with E-state index < -0.39 is 28.2 Å². The van der Waals surface area contributed by atoms with Crippen LogP contribution in [0.4, 0.5) is 4.79 Å². The number of rotatable bonds is 6. The van der Waals surface area contributed by atoms with E-state index in [0.29, 0.717) is 25.3 Å². The molecule has 1 aliphatic carbocycles. The van der Waals surface area contributed by atoms with Crippen molar-refractivity contribution in [2.75, 3.05) is 19.3 Å². The molecule has 3 N–H and O–H groups in total. The second-order valence-corrected chi connectivity index (χ2v) is 7.94. The highest BCUT2D eigenvalue weighted by Gasteiger charge is 2.41. The number of amides is 2. The van der Waals surface area contributed by atoms with Crippen LogP contribution in [-0.2, 0) is 15.6 Å². The van der Waals surface area contributed by atoms with Gasteiger partial charge in [0.25, 0.3) is 0 Å². The molecule has 0 heterocycles. The zero-order chi connectivity index (χ0) is 16.0. The van der Waals surface area contributed by atoms with Crippen LogP contribution in [0.15, 0.2) is 0 Å². The van der Waals surface area contributed by atoms with Crippen LogP contribution >= 0.6 is 0 Å². The van der Waals surface area contributed by atoms with Crippen molar-refractivity contribution < 1.29 is 18.9 Å². The summed E-state index contributed by atoms with van der Waals surface area (Å²) in [5.74, 6) is -0.288. The van der Waals surface area contributed by atoms with Gasteiger partial charge in [-0.2, -0.15) is 0 Å². The van der Waals surface area contributed by atoms with Crippen LogP contribution in [0.3, 0.4) is 0 Å². The molecule has 1 rings (SSSR count). The Morgan fingerprint density at radius 2 is 1.90 bits per heavy atom. The smallest absolute Gasteiger partial charge is 0.314 e. The van der Waals surface area contributed by atoms with Crippen molar-refractivity contribution in [1.29, 1.82) is 0 Å². The van der Waals surface area contributed by atoms with Gasteiger partial charge in [-0.25, -0.2) is 4.79 Å². The van der Waals surface area contributed by atoms with Gasteiger partial charge in [-0.05, 0) is 38.5 Å². The van der Waals surface area contributed by atoms with E-state index in [1.165, 1.54) is 0 Å². The van der Waals surface area contributed by atoms with Crippen molar-refractivity contribution in [3.63, 3.8) is 0 Å². The van der Waals surface area contributed by atoms with Gasteiger partial charge >= 0.3 is 12.0 Å². The highest BCUT2D eigenvalue weighted by atomic mass is 32.2. The molecule has 6 nitrogen and oxygen atoms in total. The van der Waals surface area contributed by atoms with Crippen LogP contribution in [0.25, 0.3) is 0 Å². The third-order valence-electron chi connectivity index (χ3n) is 4.39. The van der Waals surface area contributed by atoms with E-state index in [9.17, 15) is 18.9 Å². The van der Waals surface area contributed by atoms with Crippen LogP contribution in [0.5, 0.6) is 0 Å². The third kappa shape index (κ3) is 5.30. The van der Waals surface area contributed by atoms with Gasteiger partial charge in [0.1, 0.15) is 0 Å². The van der Waals surface area contributed by atoms with Crippen molar-refractivity contribution >= 4 is 22.8 Å². The number of urea groups is 1. The third-order valence-corrected chi connectivity index (χ3v) is 5.69. The van der Waals surface area contributed by atoms with E-state index in [1.54, 1.807) is 13.2 Å². The molecule has 21 heavy (non-hydrogen) atoms. The van der Waals surface area contributed by atoms with Crippen LogP contribution in [-0.4, -0.2) is 45.9 Å². The first-order valence-corrected chi connectivity index (χ1v) is 8.96. The van der Waals surface area contributed by atoms with Crippen molar-refractivity contribution in [3.8, 4) is 0 Å². The van der Waals surface area contributed by atoms with Gasteiger partial charge in [-0.1, -0.05) is 6.92 Å². The Morgan fingerprint density at radius 3 is 2.38 bits per heavy atom. The molecule has 1 aliphatic rings. The molecular weight excluding hydrogens is 292 g/mol. The average molecular weight is 318 g/mol. The van der Waals surface area contributed by atoms with Crippen LogP contribution in [0.1, 0.15) is 39.5 Å². The second kappa shape index (κ2) is 7.77. The summed E-state index contributed by atoms with van der Waals surface area (Å²) in [5, 5.41) is 14.6. The molecule has 0 aromatic carbocycles. The molecule has 2 amide bonds. The Labute approximate surface area is 128 Å². The molecule has 2 unspecified atom stereocenters. The molecular formula is C14H26N2O4S. The van der Waals surface area contributed by atoms with Crippen molar-refractivity contribution in [2.24, 2.45) is 11.3 Å². The maximum absolute atomic E-state index is 11.7. The van der Waals surface area contributed by atoms with E-state index in [2.05, 4.69) is 17.6 Å². The largest absolute Gasteiger partial charge is 0.481 e. The number of hydrogen-bond acceptors (Lipinski definition) is 3. The Balaban J connectivity index is 2.45. The Bertz CT molecular complexity index is 406. The SMILES string of the molecule is CC1CCC(CNC(=O)NCC(C)S(C)=O)(C(=O)O)CC1. The summed E-state index contributed by atoms with van der Waals surface area (Å²) in [6.07, 6.45) is 4.54. The summed E-state index contributed by atoms with van der Waals surface area (Å²) in [6, 6.07) is -0.397. The van der Waals surface area contributed by atoms with E-state index in [0.717, 1.165) is 12.8 Å². The molecule has 0 saturated heterocycles. The first kappa shape index (κ1) is 17.9. The Morgan fingerprint density at radius 1 is 1.33 bits per heavy atom. The summed E-state index contributed by atoms with van der Waals surface area (Å²) in [7, 11) is -0.991. The number of carboxylic acid groups (broad SMARTS) is 1. The zero-order valence-electron chi connectivity index (χ0n) is 13.0. The standard InChI is InChI=1S/C14H26N2O4S/c1-10-4-6-14(7-5-10,12(17)18)9-16-13(19)15-8-11(2)21(3)20/h10-11H,4-9H2,1-3H3,(H,17,18)(H2,15,16,19). The molecule has 0 spiro atoms. The lowest BCUT2D eigenvalue weighted by Gasteiger charge is -2.35. The summed E-state index contributed by atoms with van der Waals surface area (Å²) in [5.41, 5.74) is -0.844. The van der Waals surface area contributed by atoms with Gasteiger partial charge < -0.3 is 15.7 Å². The Hall–Kier alpha value is -1.11. The van der Waals surface area contributed by atoms with Crippen molar-refractivity contribution in [1.82, 2.24) is 10.6 Å². The minimum Gasteiger partial charge on any atom is -0.481 e. The molecule has 122 valence electrons. The molecule has 0 aromatic rings. The normalized spacial score (nSPS) is 28.4. The zero-order valence-corrected chi connectivity index (χ0v) is 13.8. The van der Waals surface area contributed by atoms with Gasteiger partial charge in [-0.15, -0.1) is 0 Å². The molecule has 1 saturated carbocycles. The van der Waals surface area contributed by atoms with E-state index in [-0.39, 0.29) is 11.8 Å². The lowest BCUT2D eigenvalue weighted by Crippen LogP contribution is -2.48. The highest BCUT2D eigenvalue weighted by molar-refractivity contribution is 7.84. The minimum atomic E-state index is -0.991. The first-order chi connectivity index (χ1) is 9.77. The molecule has 0 aromatic heterocycles. The molecule has 1 fully saturated rings. The lowest BCUT2D eigenvalue weighted by atomic mass is 9.71. The van der Waals surface area contributed by atoms with E-state index >= 15 is 0 Å². The van der Waals surface area contributed by atoms with Crippen LogP contribution < -0.4 is 10.6 Å². The average Bonchev–Trinajstić information content (AvgIpc) is 2.44. The van der Waals surface area contributed by atoms with E-state index in [1.807, 2.05) is 0 Å². The first-order valence-electron chi connectivity index (χ1n) is 7.34. The quantitative estimate of drug-likeness (QED) is 0.688. The molecule has 7 heteroatoms. The van der Waals surface area contributed by atoms with Crippen LogP contribution in [0.2, 0.25) is 0 Å². The van der Waals surface area contributed by atoms with Crippen LogP contribution in [0, 0.1) is 11.3 Å². The second-order valence-electron chi connectivity index (χ2n) is 6.14. The fourth-order valence-corrected chi connectivity index (χ4v) is 2.76.